The zero-order chi connectivity index (χ0) is 42.6. The van der Waals surface area contributed by atoms with Gasteiger partial charge in [-0.3, -0.25) is 23.9 Å². The monoisotopic (exact) mass is 867 g/mol. The first-order chi connectivity index (χ1) is 28.9. The maximum absolute atomic E-state index is 13.3. The van der Waals surface area contributed by atoms with Gasteiger partial charge in [0.25, 0.3) is 15.9 Å². The van der Waals surface area contributed by atoms with Gasteiger partial charge >= 0.3 is 0 Å². The average Bonchev–Trinajstić information content (AvgIpc) is 3.91. The lowest BCUT2D eigenvalue weighted by Crippen LogP contribution is -2.29. The number of ether oxygens (including phenoxy) is 2. The Morgan fingerprint density at radius 1 is 0.967 bits per heavy atom. The fourth-order valence-electron chi connectivity index (χ4n) is 6.91. The molecule has 4 N–H and O–H groups in total. The van der Waals surface area contributed by atoms with Gasteiger partial charge in [0.1, 0.15) is 22.9 Å². The second-order valence-corrected chi connectivity index (χ2v) is 17.4. The number of amides is 2. The largest absolute Gasteiger partial charge is 0.377 e. The number of rotatable bonds is 16. The molecule has 0 saturated carbocycles. The highest BCUT2D eigenvalue weighted by Crippen LogP contribution is 2.39. The summed E-state index contributed by atoms with van der Waals surface area (Å²) in [6, 6.07) is 18.1. The van der Waals surface area contributed by atoms with Crippen LogP contribution in [-0.4, -0.2) is 85.2 Å². The zero-order valence-electron chi connectivity index (χ0n) is 33.3. The third-order valence-corrected chi connectivity index (χ3v) is 12.8. The number of thiophene rings is 1. The van der Waals surface area contributed by atoms with E-state index in [4.69, 9.17) is 26.1 Å². The molecule has 0 aliphatic carbocycles. The van der Waals surface area contributed by atoms with Crippen molar-refractivity contribution in [1.29, 1.82) is 5.26 Å². The number of benzene rings is 3. The van der Waals surface area contributed by atoms with Crippen LogP contribution in [0.1, 0.15) is 67.2 Å². The molecule has 1 aliphatic rings. The Kier molecular flexibility index (Phi) is 12.8. The molecule has 1 aliphatic heterocycles. The fraction of sp³-hybridized carbons (Fsp3) is 0.286. The average molecular weight is 868 g/mol. The normalized spacial score (nSPS) is 13.5. The molecule has 18 heteroatoms. The molecule has 1 atom stereocenters. The van der Waals surface area contributed by atoms with E-state index in [9.17, 15) is 23.3 Å². The van der Waals surface area contributed by atoms with Gasteiger partial charge in [0.15, 0.2) is 5.82 Å². The number of nitrogens with zero attached hydrogens (tertiary/aromatic N) is 5. The molecule has 6 aromatic rings. The van der Waals surface area contributed by atoms with Crippen LogP contribution in [0, 0.1) is 39.0 Å². The summed E-state index contributed by atoms with van der Waals surface area (Å²) in [7, 11) is -4.07. The van der Waals surface area contributed by atoms with E-state index >= 15 is 0 Å². The third kappa shape index (κ3) is 8.98. The van der Waals surface area contributed by atoms with Crippen molar-refractivity contribution in [2.24, 2.45) is 4.99 Å². The number of halogens is 1. The summed E-state index contributed by atoms with van der Waals surface area (Å²) in [6.45, 7) is 9.34. The van der Waals surface area contributed by atoms with Gasteiger partial charge in [0, 0.05) is 51.3 Å². The summed E-state index contributed by atoms with van der Waals surface area (Å²) >= 11 is 7.86. The number of carbonyl (C=O) groups is 2. The van der Waals surface area contributed by atoms with E-state index in [1.165, 1.54) is 30.5 Å². The molecule has 310 valence electrons. The number of hydrogen-bond acceptors (Lipinski definition) is 11. The number of aliphatic imine (C=N–C) groups is 1. The van der Waals surface area contributed by atoms with Crippen LogP contribution in [0.5, 0.6) is 0 Å². The highest BCUT2D eigenvalue weighted by molar-refractivity contribution is 7.92. The molecule has 60 heavy (non-hydrogen) atoms. The van der Waals surface area contributed by atoms with Crippen molar-refractivity contribution >= 4 is 67.1 Å². The van der Waals surface area contributed by atoms with E-state index in [0.717, 1.165) is 37.8 Å². The predicted octanol–water partition coefficient (Wildman–Crippen LogP) is 6.23. The van der Waals surface area contributed by atoms with Crippen LogP contribution in [0.4, 0.5) is 5.69 Å². The maximum atomic E-state index is 13.3. The summed E-state index contributed by atoms with van der Waals surface area (Å²) in [6.07, 6.45) is 1.59. The van der Waals surface area contributed by atoms with Crippen molar-refractivity contribution in [2.45, 2.75) is 45.1 Å². The Hall–Kier alpha value is -5.90. The first-order valence-corrected chi connectivity index (χ1v) is 21.7. The Labute approximate surface area is 355 Å². The van der Waals surface area contributed by atoms with E-state index in [-0.39, 0.29) is 68.0 Å². The molecule has 7 rings (SSSR count). The second-order valence-electron chi connectivity index (χ2n) is 14.1. The second kappa shape index (κ2) is 18.2. The quantitative estimate of drug-likeness (QED) is 0.0813. The van der Waals surface area contributed by atoms with Gasteiger partial charge in [0.2, 0.25) is 5.91 Å². The van der Waals surface area contributed by atoms with E-state index in [0.29, 0.717) is 33.1 Å². The van der Waals surface area contributed by atoms with Gasteiger partial charge in [-0.15, -0.1) is 21.5 Å². The molecule has 0 saturated heterocycles. The number of sulfonamides is 1. The van der Waals surface area contributed by atoms with Crippen LogP contribution in [0.2, 0.25) is 5.02 Å². The standard InChI is InChI=1S/C42H42ClN9O6S2/c1-24-8-13-33(39-36(24)30(22-44)23-47-39)51-60(55,56)32-7-5-6-29(20-32)41(54)46-15-17-58-19-18-57-16-14-45-35(53)21-34-40-50-49-27(4)52(40)42-37(25(2)26(3)59-42)38(48-34)28-9-11-31(43)12-10-28/h5-13,20,23,34,47,51H,14-19,21H2,1-4H3,(H,45,53)(H,46,54)/t34-/m1/s1. The molecule has 0 fully saturated rings. The first kappa shape index (κ1) is 42.2. The van der Waals surface area contributed by atoms with Crippen LogP contribution in [-0.2, 0) is 24.3 Å². The highest BCUT2D eigenvalue weighted by Gasteiger charge is 2.32. The van der Waals surface area contributed by atoms with E-state index in [1.807, 2.05) is 42.7 Å². The Morgan fingerprint density at radius 3 is 2.43 bits per heavy atom. The summed E-state index contributed by atoms with van der Waals surface area (Å²) in [4.78, 5) is 35.3. The van der Waals surface area contributed by atoms with Crippen molar-refractivity contribution in [1.82, 2.24) is 30.4 Å². The van der Waals surface area contributed by atoms with E-state index in [2.05, 4.69) is 50.5 Å². The molecular formula is C42H42ClN9O6S2. The van der Waals surface area contributed by atoms with E-state index < -0.39 is 22.0 Å². The summed E-state index contributed by atoms with van der Waals surface area (Å²) in [5.41, 5.74) is 5.95. The zero-order valence-corrected chi connectivity index (χ0v) is 35.6. The molecule has 3 aromatic carbocycles. The number of carbonyl (C=O) groups excluding carboxylic acids is 2. The lowest BCUT2D eigenvalue weighted by molar-refractivity contribution is -0.121. The molecule has 4 heterocycles. The summed E-state index contributed by atoms with van der Waals surface area (Å²) in [5.74, 6) is 0.641. The Morgan fingerprint density at radius 2 is 1.70 bits per heavy atom. The van der Waals surface area contributed by atoms with Crippen molar-refractivity contribution in [2.75, 3.05) is 44.2 Å². The van der Waals surface area contributed by atoms with Crippen molar-refractivity contribution in [3.8, 4) is 11.1 Å². The SMILES string of the molecule is Cc1sc2c(c1C)C(c1ccc(Cl)cc1)=N[C@H](CC(=O)NCCOCCOCCNC(=O)c1cccc(S(=O)(=O)Nc3ccc(C)c4c(C#N)c[nH]c34)c1)c1nnc(C)n1-2. The lowest BCUT2D eigenvalue weighted by Gasteiger charge is -2.13. The number of fused-ring (bicyclic) bond motifs is 4. The predicted molar refractivity (Wildman–Crippen MR) is 230 cm³/mol. The van der Waals surface area contributed by atoms with Crippen LogP contribution in [0.15, 0.2) is 76.7 Å². The Balaban J connectivity index is 0.843. The molecule has 0 radical (unpaired) electrons. The molecule has 3 aromatic heterocycles. The number of anilines is 1. The number of H-pyrrole nitrogens is 1. The number of nitrogens with one attached hydrogen (secondary N) is 4. The van der Waals surface area contributed by atoms with E-state index in [1.54, 1.807) is 23.5 Å². The summed E-state index contributed by atoms with van der Waals surface area (Å²) < 4.78 is 42.4. The summed E-state index contributed by atoms with van der Waals surface area (Å²) in [5, 5.41) is 26.1. The maximum Gasteiger partial charge on any atom is 0.261 e. The van der Waals surface area contributed by atoms with Crippen LogP contribution >= 0.6 is 22.9 Å². The minimum Gasteiger partial charge on any atom is -0.377 e. The molecule has 0 spiro atoms. The number of aromatic nitrogens is 4. The van der Waals surface area contributed by atoms with Gasteiger partial charge in [-0.25, -0.2) is 8.42 Å². The van der Waals surface area contributed by atoms with Crippen LogP contribution < -0.4 is 15.4 Å². The Bertz CT molecular complexity index is 2770. The number of aromatic amines is 1. The van der Waals surface area contributed by atoms with Crippen molar-refractivity contribution < 1.29 is 27.5 Å². The molecule has 15 nitrogen and oxygen atoms in total. The third-order valence-electron chi connectivity index (χ3n) is 10.0. The van der Waals surface area contributed by atoms with Gasteiger partial charge in [0.05, 0.1) is 60.2 Å². The number of nitriles is 1. The van der Waals surface area contributed by atoms with Gasteiger partial charge < -0.3 is 25.1 Å². The lowest BCUT2D eigenvalue weighted by atomic mass is 9.99. The van der Waals surface area contributed by atoms with Gasteiger partial charge in [-0.1, -0.05) is 35.9 Å². The smallest absolute Gasteiger partial charge is 0.261 e. The molecule has 0 bridgehead atoms. The van der Waals surface area contributed by atoms with Gasteiger partial charge in [-0.2, -0.15) is 5.26 Å². The molecule has 2 amide bonds. The highest BCUT2D eigenvalue weighted by atomic mass is 35.5. The minimum atomic E-state index is -4.07. The van der Waals surface area contributed by atoms with Crippen LogP contribution in [0.3, 0.4) is 0 Å². The van der Waals surface area contributed by atoms with Crippen LogP contribution in [0.25, 0.3) is 15.9 Å². The number of aryl methyl sites for hydroxylation is 3. The molecular weight excluding hydrogens is 826 g/mol. The number of hydrogen-bond donors (Lipinski definition) is 4. The fourth-order valence-corrected chi connectivity index (χ4v) is 9.36. The minimum absolute atomic E-state index is 0.0591. The van der Waals surface area contributed by atoms with Crippen molar-refractivity contribution in [3.63, 3.8) is 0 Å². The molecule has 0 unspecified atom stereocenters. The topological polar surface area (TPSA) is 205 Å². The first-order valence-electron chi connectivity index (χ1n) is 19.1. The van der Waals surface area contributed by atoms with Crippen molar-refractivity contribution in [3.05, 3.63) is 122 Å². The van der Waals surface area contributed by atoms with Gasteiger partial charge in [-0.05, 0) is 75.2 Å².